The number of carbonyl (C=O) groups excluding carboxylic acids is 1. The smallest absolute Gasteiger partial charge is 0.410 e. The van der Waals surface area contributed by atoms with Crippen LogP contribution in [0, 0.1) is 6.92 Å². The zero-order chi connectivity index (χ0) is 23.8. The fourth-order valence-electron chi connectivity index (χ4n) is 3.46. The van der Waals surface area contributed by atoms with Crippen molar-refractivity contribution in [3.63, 3.8) is 0 Å². The van der Waals surface area contributed by atoms with Gasteiger partial charge in [-0.25, -0.2) is 14.8 Å². The van der Waals surface area contributed by atoms with Crippen LogP contribution < -0.4 is 15.2 Å². The number of rotatable bonds is 9. The molecule has 1 aromatic carbocycles. The number of benzene rings is 1. The Morgan fingerprint density at radius 1 is 1.24 bits per heavy atom. The Hall–Kier alpha value is -3.14. The molecule has 2 heterocycles. The maximum Gasteiger partial charge on any atom is 0.410 e. The van der Waals surface area contributed by atoms with Crippen molar-refractivity contribution in [1.29, 1.82) is 0 Å². The summed E-state index contributed by atoms with van der Waals surface area (Å²) < 4.78 is 31.5. The Kier molecular flexibility index (Phi) is 8.65. The van der Waals surface area contributed by atoms with E-state index >= 15 is 4.48 Å². The van der Waals surface area contributed by atoms with Crippen LogP contribution in [0.5, 0.6) is 5.88 Å². The van der Waals surface area contributed by atoms with Crippen molar-refractivity contribution in [2.24, 2.45) is 0 Å². The number of anilines is 3. The first-order valence-corrected chi connectivity index (χ1v) is 11.1. The van der Waals surface area contributed by atoms with E-state index in [1.54, 1.807) is 43.2 Å². The van der Waals surface area contributed by atoms with Gasteiger partial charge in [-0.15, -0.1) is 0 Å². The third kappa shape index (κ3) is 6.67. The van der Waals surface area contributed by atoms with Gasteiger partial charge >= 0.3 is 6.09 Å². The second kappa shape index (κ2) is 11.6. The monoisotopic (exact) mass is 461 g/mol. The van der Waals surface area contributed by atoms with Gasteiger partial charge in [0, 0.05) is 45.3 Å². The molecule has 180 valence electrons. The van der Waals surface area contributed by atoms with E-state index < -0.39 is 0 Å². The molecule has 1 aliphatic heterocycles. The molecule has 1 aliphatic rings. The Balaban J connectivity index is 1.61. The van der Waals surface area contributed by atoms with Gasteiger partial charge in [-0.05, 0) is 45.0 Å². The summed E-state index contributed by atoms with van der Waals surface area (Å²) >= 11 is 0. The lowest BCUT2D eigenvalue weighted by Gasteiger charge is -2.32. The van der Waals surface area contributed by atoms with Gasteiger partial charge in [0.15, 0.2) is 5.82 Å². The SMILES string of the molecule is COCCNc1ccc(N(F)c2ncnc(OC3CCN(C(=O)OC(C)C)CC3)c2C)cc1. The second-order valence-electron chi connectivity index (χ2n) is 8.11. The molecule has 10 heteroatoms. The normalized spacial score (nSPS) is 14.3. The molecule has 3 rings (SSSR count). The summed E-state index contributed by atoms with van der Waals surface area (Å²) in [6.45, 7) is 7.70. The summed E-state index contributed by atoms with van der Waals surface area (Å²) in [6, 6.07) is 6.93. The van der Waals surface area contributed by atoms with Crippen LogP contribution in [0.25, 0.3) is 0 Å². The molecule has 2 aromatic rings. The standard InChI is InChI=1S/C23H32FN5O4/c1-16(2)32-23(30)28-12-9-20(10-13-28)33-22-17(3)21(26-15-27-22)29(24)19-7-5-18(6-8-19)25-11-14-31-4/h5-8,15-16,20,25H,9-14H2,1-4H3. The Labute approximate surface area is 193 Å². The van der Waals surface area contributed by atoms with Gasteiger partial charge in [-0.1, -0.05) is 4.48 Å². The molecule has 0 atom stereocenters. The van der Waals surface area contributed by atoms with Crippen LogP contribution in [0.15, 0.2) is 30.6 Å². The summed E-state index contributed by atoms with van der Waals surface area (Å²) in [7, 11) is 1.64. The predicted octanol–water partition coefficient (Wildman–Crippen LogP) is 4.25. The number of carbonyl (C=O) groups is 1. The molecular formula is C23H32FN5O4. The summed E-state index contributed by atoms with van der Waals surface area (Å²) in [6.07, 6.45) is 1.99. The van der Waals surface area contributed by atoms with E-state index in [1.165, 1.54) is 6.33 Å². The minimum atomic E-state index is -0.308. The molecule has 0 spiro atoms. The Morgan fingerprint density at radius 2 is 1.94 bits per heavy atom. The lowest BCUT2D eigenvalue weighted by molar-refractivity contribution is 0.0505. The fraction of sp³-hybridized carbons (Fsp3) is 0.522. The van der Waals surface area contributed by atoms with Gasteiger partial charge in [-0.2, -0.15) is 5.12 Å². The summed E-state index contributed by atoms with van der Waals surface area (Å²) in [5, 5.41) is 3.71. The number of aromatic nitrogens is 2. The van der Waals surface area contributed by atoms with E-state index in [4.69, 9.17) is 14.2 Å². The number of nitrogens with zero attached hydrogens (tertiary/aromatic N) is 4. The zero-order valence-corrected chi connectivity index (χ0v) is 19.6. The van der Waals surface area contributed by atoms with Crippen LogP contribution in [0.3, 0.4) is 0 Å². The van der Waals surface area contributed by atoms with Crippen molar-refractivity contribution in [2.45, 2.75) is 45.8 Å². The summed E-state index contributed by atoms with van der Waals surface area (Å²) in [5.41, 5.74) is 1.72. The van der Waals surface area contributed by atoms with Gasteiger partial charge in [0.05, 0.1) is 24.0 Å². The number of halogens is 1. The van der Waals surface area contributed by atoms with Crippen LogP contribution in [-0.4, -0.2) is 66.5 Å². The van der Waals surface area contributed by atoms with Crippen LogP contribution in [0.1, 0.15) is 32.3 Å². The van der Waals surface area contributed by atoms with E-state index in [-0.39, 0.29) is 24.1 Å². The van der Waals surface area contributed by atoms with E-state index in [0.717, 1.165) is 5.69 Å². The topological polar surface area (TPSA) is 89.1 Å². The van der Waals surface area contributed by atoms with Gasteiger partial charge in [0.2, 0.25) is 5.88 Å². The largest absolute Gasteiger partial charge is 0.474 e. The molecule has 0 saturated carbocycles. The first-order chi connectivity index (χ1) is 15.9. The minimum Gasteiger partial charge on any atom is -0.474 e. The molecule has 33 heavy (non-hydrogen) atoms. The average molecular weight is 462 g/mol. The van der Waals surface area contributed by atoms with Crippen LogP contribution in [-0.2, 0) is 9.47 Å². The number of piperidine rings is 1. The lowest BCUT2D eigenvalue weighted by Crippen LogP contribution is -2.42. The fourth-order valence-corrected chi connectivity index (χ4v) is 3.46. The number of likely N-dealkylation sites (tertiary alicyclic amines) is 1. The number of hydrogen-bond acceptors (Lipinski definition) is 8. The molecule has 1 amide bonds. The number of ether oxygens (including phenoxy) is 3. The predicted molar refractivity (Wildman–Crippen MR) is 124 cm³/mol. The average Bonchev–Trinajstić information content (AvgIpc) is 2.81. The van der Waals surface area contributed by atoms with Crippen molar-refractivity contribution in [3.8, 4) is 5.88 Å². The molecule has 0 radical (unpaired) electrons. The molecule has 1 saturated heterocycles. The van der Waals surface area contributed by atoms with Crippen molar-refractivity contribution in [1.82, 2.24) is 14.9 Å². The van der Waals surface area contributed by atoms with E-state index in [9.17, 15) is 4.79 Å². The zero-order valence-electron chi connectivity index (χ0n) is 19.6. The number of methoxy groups -OCH3 is 1. The maximum absolute atomic E-state index is 15.2. The second-order valence-corrected chi connectivity index (χ2v) is 8.11. The Morgan fingerprint density at radius 3 is 2.58 bits per heavy atom. The maximum atomic E-state index is 15.2. The van der Waals surface area contributed by atoms with E-state index in [0.29, 0.717) is 61.3 Å². The highest BCUT2D eigenvalue weighted by atomic mass is 19.2. The Bertz CT molecular complexity index is 904. The molecule has 1 N–H and O–H groups in total. The molecule has 1 aromatic heterocycles. The van der Waals surface area contributed by atoms with Crippen LogP contribution >= 0.6 is 0 Å². The molecular weight excluding hydrogens is 429 g/mol. The molecule has 9 nitrogen and oxygen atoms in total. The summed E-state index contributed by atoms with van der Waals surface area (Å²) in [4.78, 5) is 22.0. The van der Waals surface area contributed by atoms with Gasteiger partial charge in [-0.3, -0.25) is 0 Å². The van der Waals surface area contributed by atoms with Crippen molar-refractivity contribution in [2.75, 3.05) is 43.8 Å². The van der Waals surface area contributed by atoms with Crippen LogP contribution in [0.2, 0.25) is 0 Å². The molecule has 1 fully saturated rings. The quantitative estimate of drug-likeness (QED) is 0.438. The highest BCUT2D eigenvalue weighted by molar-refractivity contribution is 5.68. The molecule has 0 unspecified atom stereocenters. The number of hydrogen-bond donors (Lipinski definition) is 1. The number of nitrogens with one attached hydrogen (secondary N) is 1. The molecule has 0 aliphatic carbocycles. The van der Waals surface area contributed by atoms with Crippen LogP contribution in [0.4, 0.5) is 26.5 Å². The highest BCUT2D eigenvalue weighted by Gasteiger charge is 2.27. The van der Waals surface area contributed by atoms with E-state index in [1.807, 2.05) is 13.8 Å². The third-order valence-electron chi connectivity index (χ3n) is 5.24. The van der Waals surface area contributed by atoms with E-state index in [2.05, 4.69) is 15.3 Å². The van der Waals surface area contributed by atoms with Gasteiger partial charge < -0.3 is 24.4 Å². The summed E-state index contributed by atoms with van der Waals surface area (Å²) in [5.74, 6) is 0.460. The van der Waals surface area contributed by atoms with Crippen molar-refractivity contribution in [3.05, 3.63) is 36.2 Å². The highest BCUT2D eigenvalue weighted by Crippen LogP contribution is 2.32. The van der Waals surface area contributed by atoms with Crippen molar-refractivity contribution < 1.29 is 23.5 Å². The molecule has 0 bridgehead atoms. The number of amides is 1. The van der Waals surface area contributed by atoms with Gasteiger partial charge in [0.25, 0.3) is 0 Å². The first-order valence-electron chi connectivity index (χ1n) is 11.1. The first kappa shape index (κ1) is 24.5. The minimum absolute atomic E-state index is 0.123. The van der Waals surface area contributed by atoms with Crippen molar-refractivity contribution >= 4 is 23.3 Å². The lowest BCUT2D eigenvalue weighted by atomic mass is 10.1. The third-order valence-corrected chi connectivity index (χ3v) is 5.24. The van der Waals surface area contributed by atoms with Gasteiger partial charge in [0.1, 0.15) is 12.4 Å².